The Balaban J connectivity index is 2.67. The summed E-state index contributed by atoms with van der Waals surface area (Å²) in [5, 5.41) is 14.7. The van der Waals surface area contributed by atoms with Crippen molar-refractivity contribution in [1.82, 2.24) is 19.7 Å². The molecule has 2 aromatic rings. The minimum Gasteiger partial charge on any atom is -0.368 e. The number of nitrogen functional groups attached to an aromatic ring is 1. The van der Waals surface area contributed by atoms with Gasteiger partial charge in [0.1, 0.15) is 6.20 Å². The van der Waals surface area contributed by atoms with Crippen LogP contribution < -0.4 is 5.73 Å². The first-order valence-electron chi connectivity index (χ1n) is 4.35. The van der Waals surface area contributed by atoms with Crippen molar-refractivity contribution in [3.63, 3.8) is 0 Å². The van der Waals surface area contributed by atoms with E-state index >= 15 is 0 Å². The van der Waals surface area contributed by atoms with Crippen LogP contribution in [0.4, 0.5) is 11.6 Å². The van der Waals surface area contributed by atoms with Gasteiger partial charge in [0, 0.05) is 13.2 Å². The highest BCUT2D eigenvalue weighted by Gasteiger charge is 2.20. The lowest BCUT2D eigenvalue weighted by molar-refractivity contribution is -0.384. The van der Waals surface area contributed by atoms with E-state index in [0.29, 0.717) is 5.69 Å². The maximum absolute atomic E-state index is 10.8. The second-order valence-corrected chi connectivity index (χ2v) is 3.06. The first-order chi connectivity index (χ1) is 7.59. The molecule has 0 fully saturated rings. The molecular formula is C8H8N6O2. The number of aromatic nitrogens is 4. The van der Waals surface area contributed by atoms with Gasteiger partial charge in [0.2, 0.25) is 5.95 Å². The molecule has 16 heavy (non-hydrogen) atoms. The topological polar surface area (TPSA) is 113 Å². The number of nitro groups is 1. The van der Waals surface area contributed by atoms with Crippen LogP contribution in [0.2, 0.25) is 0 Å². The second kappa shape index (κ2) is 3.57. The van der Waals surface area contributed by atoms with E-state index in [2.05, 4.69) is 15.1 Å². The summed E-state index contributed by atoms with van der Waals surface area (Å²) >= 11 is 0. The molecule has 0 amide bonds. The number of nitrogens with two attached hydrogens (primary N) is 1. The van der Waals surface area contributed by atoms with Crippen LogP contribution in [0.5, 0.6) is 0 Å². The molecule has 0 aromatic carbocycles. The SMILES string of the molecule is Cn1nccc1-c1nc(N)ncc1[N+](=O)[O-]. The Bertz CT molecular complexity index is 549. The number of anilines is 1. The molecule has 0 saturated heterocycles. The van der Waals surface area contributed by atoms with Crippen LogP contribution in [-0.2, 0) is 7.05 Å². The molecule has 8 nitrogen and oxygen atoms in total. The van der Waals surface area contributed by atoms with E-state index in [4.69, 9.17) is 5.73 Å². The van der Waals surface area contributed by atoms with E-state index in [-0.39, 0.29) is 17.3 Å². The molecule has 0 bridgehead atoms. The average molecular weight is 220 g/mol. The minimum absolute atomic E-state index is 0.0122. The van der Waals surface area contributed by atoms with Crippen molar-refractivity contribution in [3.8, 4) is 11.4 Å². The molecule has 0 aliphatic carbocycles. The van der Waals surface area contributed by atoms with Crippen LogP contribution in [0, 0.1) is 10.1 Å². The molecule has 2 rings (SSSR count). The van der Waals surface area contributed by atoms with E-state index in [9.17, 15) is 10.1 Å². The van der Waals surface area contributed by atoms with Crippen molar-refractivity contribution in [1.29, 1.82) is 0 Å². The van der Waals surface area contributed by atoms with E-state index in [1.54, 1.807) is 13.1 Å². The van der Waals surface area contributed by atoms with E-state index in [1.165, 1.54) is 10.9 Å². The third-order valence-corrected chi connectivity index (χ3v) is 2.05. The first kappa shape index (κ1) is 10.0. The Hall–Kier alpha value is -2.51. The van der Waals surface area contributed by atoms with Crippen LogP contribution in [0.15, 0.2) is 18.5 Å². The lowest BCUT2D eigenvalue weighted by Crippen LogP contribution is -2.03. The zero-order valence-corrected chi connectivity index (χ0v) is 8.36. The zero-order chi connectivity index (χ0) is 11.7. The highest BCUT2D eigenvalue weighted by Crippen LogP contribution is 2.26. The normalized spacial score (nSPS) is 10.3. The number of rotatable bonds is 2. The number of hydrogen-bond donors (Lipinski definition) is 1. The van der Waals surface area contributed by atoms with Crippen LogP contribution in [0.25, 0.3) is 11.4 Å². The summed E-state index contributed by atoms with van der Waals surface area (Å²) in [4.78, 5) is 17.7. The van der Waals surface area contributed by atoms with E-state index in [1.807, 2.05) is 0 Å². The average Bonchev–Trinajstić information content (AvgIpc) is 2.63. The summed E-state index contributed by atoms with van der Waals surface area (Å²) in [7, 11) is 1.66. The van der Waals surface area contributed by atoms with Crippen LogP contribution in [-0.4, -0.2) is 24.7 Å². The number of nitrogens with zero attached hydrogens (tertiary/aromatic N) is 5. The van der Waals surface area contributed by atoms with E-state index in [0.717, 1.165) is 6.20 Å². The minimum atomic E-state index is -0.554. The fourth-order valence-corrected chi connectivity index (χ4v) is 1.32. The van der Waals surface area contributed by atoms with Gasteiger partial charge in [-0.2, -0.15) is 5.10 Å². The van der Waals surface area contributed by atoms with Gasteiger partial charge < -0.3 is 5.73 Å². The molecule has 2 N–H and O–H groups in total. The molecule has 0 atom stereocenters. The van der Waals surface area contributed by atoms with Gasteiger partial charge in [0.25, 0.3) is 0 Å². The maximum Gasteiger partial charge on any atom is 0.315 e. The predicted molar refractivity (Wildman–Crippen MR) is 55.3 cm³/mol. The summed E-state index contributed by atoms with van der Waals surface area (Å²) < 4.78 is 1.48. The predicted octanol–water partition coefficient (Wildman–Crippen LogP) is 0.367. The highest BCUT2D eigenvalue weighted by atomic mass is 16.6. The first-order valence-corrected chi connectivity index (χ1v) is 4.35. The molecule has 0 saturated carbocycles. The molecule has 0 spiro atoms. The van der Waals surface area contributed by atoms with E-state index < -0.39 is 4.92 Å². The molecule has 0 aliphatic rings. The summed E-state index contributed by atoms with van der Waals surface area (Å²) in [6, 6.07) is 1.62. The second-order valence-electron chi connectivity index (χ2n) is 3.06. The summed E-state index contributed by atoms with van der Waals surface area (Å²) in [5.41, 5.74) is 5.89. The molecule has 2 aromatic heterocycles. The molecule has 0 radical (unpaired) electrons. The number of aryl methyl sites for hydroxylation is 1. The molecule has 2 heterocycles. The van der Waals surface area contributed by atoms with Gasteiger partial charge in [-0.15, -0.1) is 0 Å². The molecular weight excluding hydrogens is 212 g/mol. The van der Waals surface area contributed by atoms with Crippen LogP contribution >= 0.6 is 0 Å². The Labute approximate surface area is 89.9 Å². The van der Waals surface area contributed by atoms with Gasteiger partial charge in [0.05, 0.1) is 10.6 Å². The van der Waals surface area contributed by atoms with Gasteiger partial charge in [-0.1, -0.05) is 0 Å². The van der Waals surface area contributed by atoms with Gasteiger partial charge in [-0.3, -0.25) is 14.8 Å². The molecule has 82 valence electrons. The summed E-state index contributed by atoms with van der Waals surface area (Å²) in [6.07, 6.45) is 2.61. The van der Waals surface area contributed by atoms with Crippen LogP contribution in [0.3, 0.4) is 0 Å². The lowest BCUT2D eigenvalue weighted by atomic mass is 10.2. The van der Waals surface area contributed by atoms with Crippen molar-refractivity contribution < 1.29 is 4.92 Å². The summed E-state index contributed by atoms with van der Waals surface area (Å²) in [6.45, 7) is 0. The summed E-state index contributed by atoms with van der Waals surface area (Å²) in [5.74, 6) is -0.0122. The Morgan fingerprint density at radius 1 is 1.56 bits per heavy atom. The Morgan fingerprint density at radius 2 is 2.31 bits per heavy atom. The van der Waals surface area contributed by atoms with Crippen molar-refractivity contribution >= 4 is 11.6 Å². The smallest absolute Gasteiger partial charge is 0.315 e. The van der Waals surface area contributed by atoms with Gasteiger partial charge in [0.15, 0.2) is 5.69 Å². The fourth-order valence-electron chi connectivity index (χ4n) is 1.32. The van der Waals surface area contributed by atoms with Crippen molar-refractivity contribution in [2.45, 2.75) is 0 Å². The van der Waals surface area contributed by atoms with Gasteiger partial charge in [-0.05, 0) is 6.07 Å². The molecule has 0 unspecified atom stereocenters. The lowest BCUT2D eigenvalue weighted by Gasteiger charge is -2.02. The standard InChI is InChI=1S/C8H8N6O2/c1-13-5(2-3-11-13)7-6(14(15)16)4-10-8(9)12-7/h2-4H,1H3,(H2,9,10,12). The van der Waals surface area contributed by atoms with Crippen molar-refractivity contribution in [3.05, 3.63) is 28.6 Å². The van der Waals surface area contributed by atoms with Gasteiger partial charge in [-0.25, -0.2) is 9.97 Å². The number of hydrogen-bond acceptors (Lipinski definition) is 6. The van der Waals surface area contributed by atoms with Crippen LogP contribution in [0.1, 0.15) is 0 Å². The quantitative estimate of drug-likeness (QED) is 0.577. The third-order valence-electron chi connectivity index (χ3n) is 2.05. The Morgan fingerprint density at radius 3 is 2.88 bits per heavy atom. The fraction of sp³-hybridized carbons (Fsp3) is 0.125. The molecule has 0 aliphatic heterocycles. The van der Waals surface area contributed by atoms with Gasteiger partial charge >= 0.3 is 5.69 Å². The monoisotopic (exact) mass is 220 g/mol. The zero-order valence-electron chi connectivity index (χ0n) is 8.36. The molecule has 8 heteroatoms. The Kier molecular flexibility index (Phi) is 2.24. The third kappa shape index (κ3) is 1.56. The van der Waals surface area contributed by atoms with Crippen molar-refractivity contribution in [2.24, 2.45) is 7.05 Å². The maximum atomic E-state index is 10.8. The largest absolute Gasteiger partial charge is 0.368 e. The highest BCUT2D eigenvalue weighted by molar-refractivity contribution is 5.66. The van der Waals surface area contributed by atoms with Crippen molar-refractivity contribution in [2.75, 3.05) is 5.73 Å².